The first-order chi connectivity index (χ1) is 9.15. The number of carbonyl (C=O) groups excluding carboxylic acids is 1. The van der Waals surface area contributed by atoms with Gasteiger partial charge >= 0.3 is 0 Å². The Morgan fingerprint density at radius 2 is 1.95 bits per heavy atom. The molecule has 1 amide bonds. The fourth-order valence-corrected chi connectivity index (χ4v) is 1.31. The second-order valence-corrected chi connectivity index (χ2v) is 4.36. The van der Waals surface area contributed by atoms with Crippen LogP contribution in [0.5, 0.6) is 0 Å². The molecule has 19 heavy (non-hydrogen) atoms. The Balaban J connectivity index is 2.29. The van der Waals surface area contributed by atoms with Gasteiger partial charge in [-0.25, -0.2) is 9.97 Å². The molecule has 1 aromatic heterocycles. The molecule has 1 aromatic rings. The number of rotatable bonds is 8. The average Bonchev–Trinajstić information content (AvgIpc) is 2.42. The standard InChI is InChI=1S/C13H21N3O3/c1-10(2)11-8-15-12(16-9-11)13(17)14-4-5-19-7-6-18-3/h8-10H,4-7H2,1-3H3,(H,14,17). The normalized spacial score (nSPS) is 10.7. The first-order valence-electron chi connectivity index (χ1n) is 6.32. The number of hydrogen-bond acceptors (Lipinski definition) is 5. The van der Waals surface area contributed by atoms with Crippen LogP contribution in [0.15, 0.2) is 12.4 Å². The highest BCUT2D eigenvalue weighted by Gasteiger charge is 2.09. The highest BCUT2D eigenvalue weighted by atomic mass is 16.5. The van der Waals surface area contributed by atoms with E-state index >= 15 is 0 Å². The van der Waals surface area contributed by atoms with Gasteiger partial charge in [-0.05, 0) is 11.5 Å². The van der Waals surface area contributed by atoms with E-state index in [4.69, 9.17) is 9.47 Å². The van der Waals surface area contributed by atoms with Crippen LogP contribution >= 0.6 is 0 Å². The summed E-state index contributed by atoms with van der Waals surface area (Å²) >= 11 is 0. The van der Waals surface area contributed by atoms with Crippen LogP contribution in [0.3, 0.4) is 0 Å². The molecule has 0 atom stereocenters. The lowest BCUT2D eigenvalue weighted by Crippen LogP contribution is -2.29. The van der Waals surface area contributed by atoms with Crippen LogP contribution in [0.25, 0.3) is 0 Å². The maximum absolute atomic E-state index is 11.7. The number of nitrogens with zero attached hydrogens (tertiary/aromatic N) is 2. The predicted octanol–water partition coefficient (Wildman–Crippen LogP) is 0.993. The zero-order valence-corrected chi connectivity index (χ0v) is 11.7. The first-order valence-corrected chi connectivity index (χ1v) is 6.32. The minimum atomic E-state index is -0.286. The van der Waals surface area contributed by atoms with Crippen LogP contribution in [0.2, 0.25) is 0 Å². The molecular formula is C13H21N3O3. The summed E-state index contributed by atoms with van der Waals surface area (Å²) in [4.78, 5) is 19.8. The molecule has 0 aromatic carbocycles. The molecule has 0 saturated heterocycles. The largest absolute Gasteiger partial charge is 0.382 e. The lowest BCUT2D eigenvalue weighted by molar-refractivity contribution is 0.0690. The van der Waals surface area contributed by atoms with Gasteiger partial charge in [0, 0.05) is 26.0 Å². The molecule has 6 nitrogen and oxygen atoms in total. The quantitative estimate of drug-likeness (QED) is 0.711. The maximum Gasteiger partial charge on any atom is 0.289 e. The van der Waals surface area contributed by atoms with Crippen LogP contribution in [0.4, 0.5) is 0 Å². The van der Waals surface area contributed by atoms with E-state index in [0.29, 0.717) is 32.3 Å². The summed E-state index contributed by atoms with van der Waals surface area (Å²) in [5.74, 6) is 0.248. The number of hydrogen-bond donors (Lipinski definition) is 1. The summed E-state index contributed by atoms with van der Waals surface area (Å²) in [7, 11) is 1.61. The van der Waals surface area contributed by atoms with Gasteiger partial charge in [0.05, 0.1) is 19.8 Å². The number of aromatic nitrogens is 2. The fourth-order valence-electron chi connectivity index (χ4n) is 1.31. The zero-order valence-electron chi connectivity index (χ0n) is 11.7. The van der Waals surface area contributed by atoms with Crippen LogP contribution in [0, 0.1) is 0 Å². The molecule has 6 heteroatoms. The van der Waals surface area contributed by atoms with Crippen LogP contribution in [-0.2, 0) is 9.47 Å². The minimum Gasteiger partial charge on any atom is -0.382 e. The second kappa shape index (κ2) is 8.55. The Morgan fingerprint density at radius 3 is 2.53 bits per heavy atom. The Bertz CT molecular complexity index is 379. The summed E-state index contributed by atoms with van der Waals surface area (Å²) in [5.41, 5.74) is 1.01. The SMILES string of the molecule is COCCOCCNC(=O)c1ncc(C(C)C)cn1. The summed E-state index contributed by atoms with van der Waals surface area (Å²) < 4.78 is 10.1. The van der Waals surface area contributed by atoms with E-state index in [0.717, 1.165) is 5.56 Å². The molecule has 1 rings (SSSR count). The van der Waals surface area contributed by atoms with Crippen molar-refractivity contribution >= 4 is 5.91 Å². The van der Waals surface area contributed by atoms with Gasteiger partial charge in [-0.15, -0.1) is 0 Å². The minimum absolute atomic E-state index is 0.182. The Kier molecular flexibility index (Phi) is 6.99. The molecule has 0 aliphatic rings. The molecular weight excluding hydrogens is 246 g/mol. The van der Waals surface area contributed by atoms with Crippen LogP contribution < -0.4 is 5.32 Å². The average molecular weight is 267 g/mol. The van der Waals surface area contributed by atoms with Crippen molar-refractivity contribution in [3.05, 3.63) is 23.8 Å². The fraction of sp³-hybridized carbons (Fsp3) is 0.615. The van der Waals surface area contributed by atoms with Gasteiger partial charge in [-0.3, -0.25) is 4.79 Å². The summed E-state index contributed by atoms with van der Waals surface area (Å²) in [6.45, 7) is 6.04. The number of carbonyl (C=O) groups is 1. The monoisotopic (exact) mass is 267 g/mol. The molecule has 0 aliphatic carbocycles. The van der Waals surface area contributed by atoms with Gasteiger partial charge in [-0.2, -0.15) is 0 Å². The van der Waals surface area contributed by atoms with E-state index in [1.54, 1.807) is 19.5 Å². The van der Waals surface area contributed by atoms with Gasteiger partial charge in [0.15, 0.2) is 0 Å². The van der Waals surface area contributed by atoms with E-state index in [-0.39, 0.29) is 11.7 Å². The Hall–Kier alpha value is -1.53. The van der Waals surface area contributed by atoms with Crippen LogP contribution in [0.1, 0.15) is 35.9 Å². The number of nitrogens with one attached hydrogen (secondary N) is 1. The highest BCUT2D eigenvalue weighted by molar-refractivity contribution is 5.90. The van der Waals surface area contributed by atoms with Crippen molar-refractivity contribution in [3.8, 4) is 0 Å². The molecule has 0 unspecified atom stereocenters. The Morgan fingerprint density at radius 1 is 1.26 bits per heavy atom. The number of methoxy groups -OCH3 is 1. The summed E-state index contributed by atoms with van der Waals surface area (Å²) in [5, 5.41) is 2.69. The second-order valence-electron chi connectivity index (χ2n) is 4.36. The molecule has 106 valence electrons. The van der Waals surface area contributed by atoms with E-state index in [1.807, 2.05) is 0 Å². The van der Waals surface area contributed by atoms with Gasteiger partial charge in [0.25, 0.3) is 5.91 Å². The molecule has 0 spiro atoms. The van der Waals surface area contributed by atoms with Crippen molar-refractivity contribution in [1.82, 2.24) is 15.3 Å². The number of amides is 1. The van der Waals surface area contributed by atoms with Crippen molar-refractivity contribution in [2.24, 2.45) is 0 Å². The van der Waals surface area contributed by atoms with E-state index in [9.17, 15) is 4.79 Å². The molecule has 0 saturated carbocycles. The first kappa shape index (κ1) is 15.5. The van der Waals surface area contributed by atoms with Crippen LogP contribution in [-0.4, -0.2) is 49.4 Å². The van der Waals surface area contributed by atoms with E-state index in [2.05, 4.69) is 29.1 Å². The molecule has 1 N–H and O–H groups in total. The van der Waals surface area contributed by atoms with Crippen molar-refractivity contribution in [2.75, 3.05) is 33.5 Å². The van der Waals surface area contributed by atoms with Gasteiger partial charge < -0.3 is 14.8 Å². The predicted molar refractivity (Wildman–Crippen MR) is 71.1 cm³/mol. The topological polar surface area (TPSA) is 73.3 Å². The van der Waals surface area contributed by atoms with Crippen molar-refractivity contribution in [3.63, 3.8) is 0 Å². The van der Waals surface area contributed by atoms with Crippen molar-refractivity contribution in [2.45, 2.75) is 19.8 Å². The molecule has 0 fully saturated rings. The third-order valence-corrected chi connectivity index (χ3v) is 2.51. The smallest absolute Gasteiger partial charge is 0.289 e. The Labute approximate surface area is 113 Å². The van der Waals surface area contributed by atoms with Crippen molar-refractivity contribution in [1.29, 1.82) is 0 Å². The van der Waals surface area contributed by atoms with E-state index < -0.39 is 0 Å². The lowest BCUT2D eigenvalue weighted by Gasteiger charge is -2.07. The number of ether oxygens (including phenoxy) is 2. The van der Waals surface area contributed by atoms with E-state index in [1.165, 1.54) is 0 Å². The summed E-state index contributed by atoms with van der Waals surface area (Å²) in [6.07, 6.45) is 3.36. The molecule has 0 radical (unpaired) electrons. The molecule has 1 heterocycles. The summed E-state index contributed by atoms with van der Waals surface area (Å²) in [6, 6.07) is 0. The van der Waals surface area contributed by atoms with Crippen molar-refractivity contribution < 1.29 is 14.3 Å². The maximum atomic E-state index is 11.7. The van der Waals surface area contributed by atoms with Gasteiger partial charge in [0.2, 0.25) is 5.82 Å². The molecule has 0 aliphatic heterocycles. The lowest BCUT2D eigenvalue weighted by atomic mass is 10.1. The third kappa shape index (κ3) is 5.76. The van der Waals surface area contributed by atoms with Gasteiger partial charge in [-0.1, -0.05) is 13.8 Å². The third-order valence-electron chi connectivity index (χ3n) is 2.51. The highest BCUT2D eigenvalue weighted by Crippen LogP contribution is 2.10. The zero-order chi connectivity index (χ0) is 14.1. The van der Waals surface area contributed by atoms with Gasteiger partial charge in [0.1, 0.15) is 0 Å². The molecule has 0 bridgehead atoms.